The summed E-state index contributed by atoms with van der Waals surface area (Å²) in [5, 5.41) is 4.36. The van der Waals surface area contributed by atoms with Crippen molar-refractivity contribution < 1.29 is 18.7 Å². The number of carbonyl (C=O) groups is 1. The summed E-state index contributed by atoms with van der Waals surface area (Å²) in [6.45, 7) is 3.04. The molecule has 0 unspecified atom stereocenters. The Bertz CT molecular complexity index is 930. The highest BCUT2D eigenvalue weighted by atomic mass is 16.7. The minimum absolute atomic E-state index is 0.102. The van der Waals surface area contributed by atoms with Crippen molar-refractivity contribution in [2.45, 2.75) is 20.0 Å². The Morgan fingerprint density at radius 1 is 1.19 bits per heavy atom. The third kappa shape index (κ3) is 3.15. The molecule has 3 heterocycles. The molecule has 0 saturated carbocycles. The van der Waals surface area contributed by atoms with E-state index in [-0.39, 0.29) is 12.7 Å². The highest BCUT2D eigenvalue weighted by Gasteiger charge is 2.21. The van der Waals surface area contributed by atoms with Gasteiger partial charge in [-0.25, -0.2) is 0 Å². The molecule has 26 heavy (non-hydrogen) atoms. The Morgan fingerprint density at radius 3 is 2.77 bits per heavy atom. The molecule has 1 aliphatic rings. The second-order valence-electron chi connectivity index (χ2n) is 6.26. The molecular weight excluding hydrogens is 334 g/mol. The summed E-state index contributed by atoms with van der Waals surface area (Å²) in [7, 11) is 1.88. The van der Waals surface area contributed by atoms with Crippen LogP contribution in [0.1, 0.15) is 27.3 Å². The van der Waals surface area contributed by atoms with Crippen molar-refractivity contribution in [2.24, 2.45) is 7.05 Å². The van der Waals surface area contributed by atoms with Gasteiger partial charge in [0.2, 0.25) is 6.79 Å². The van der Waals surface area contributed by atoms with Crippen molar-refractivity contribution in [3.05, 3.63) is 65.4 Å². The SMILES string of the molecule is Cc1cc(CN(Cc2ccc3c(c2)OCO3)C(=O)c2ccoc2)n(C)n1. The van der Waals surface area contributed by atoms with Crippen molar-refractivity contribution in [1.29, 1.82) is 0 Å². The predicted octanol–water partition coefficient (Wildman–Crippen LogP) is 2.89. The van der Waals surface area contributed by atoms with Crippen LogP contribution in [0.2, 0.25) is 0 Å². The number of amides is 1. The monoisotopic (exact) mass is 353 g/mol. The number of fused-ring (bicyclic) bond motifs is 1. The van der Waals surface area contributed by atoms with Crippen LogP contribution >= 0.6 is 0 Å². The third-order valence-corrected chi connectivity index (χ3v) is 4.32. The van der Waals surface area contributed by atoms with Gasteiger partial charge >= 0.3 is 0 Å². The largest absolute Gasteiger partial charge is 0.472 e. The van der Waals surface area contributed by atoms with Gasteiger partial charge in [0.15, 0.2) is 11.5 Å². The summed E-state index contributed by atoms with van der Waals surface area (Å²) >= 11 is 0. The lowest BCUT2D eigenvalue weighted by atomic mass is 10.1. The van der Waals surface area contributed by atoms with Crippen molar-refractivity contribution in [3.8, 4) is 11.5 Å². The number of furan rings is 1. The zero-order chi connectivity index (χ0) is 18.1. The van der Waals surface area contributed by atoms with E-state index < -0.39 is 0 Å². The van der Waals surface area contributed by atoms with E-state index in [1.807, 2.05) is 38.2 Å². The molecule has 0 N–H and O–H groups in total. The molecule has 1 amide bonds. The van der Waals surface area contributed by atoms with Crippen molar-refractivity contribution in [1.82, 2.24) is 14.7 Å². The predicted molar refractivity (Wildman–Crippen MR) is 92.8 cm³/mol. The van der Waals surface area contributed by atoms with Gasteiger partial charge in [-0.3, -0.25) is 9.48 Å². The Kier molecular flexibility index (Phi) is 4.12. The molecule has 3 aromatic rings. The van der Waals surface area contributed by atoms with Crippen LogP contribution in [0.15, 0.2) is 47.3 Å². The maximum Gasteiger partial charge on any atom is 0.257 e. The lowest BCUT2D eigenvalue weighted by Gasteiger charge is -2.22. The molecule has 134 valence electrons. The highest BCUT2D eigenvalue weighted by molar-refractivity contribution is 5.93. The first kappa shape index (κ1) is 16.3. The first-order valence-corrected chi connectivity index (χ1v) is 8.29. The summed E-state index contributed by atoms with van der Waals surface area (Å²) in [5.74, 6) is 1.33. The van der Waals surface area contributed by atoms with Crippen molar-refractivity contribution in [2.75, 3.05) is 6.79 Å². The Labute approximate surface area is 150 Å². The fraction of sp³-hybridized carbons (Fsp3) is 0.263. The molecule has 2 aromatic heterocycles. The maximum atomic E-state index is 12.9. The number of hydrogen-bond donors (Lipinski definition) is 0. The highest BCUT2D eigenvalue weighted by Crippen LogP contribution is 2.33. The van der Waals surface area contributed by atoms with Crippen LogP contribution < -0.4 is 9.47 Å². The van der Waals surface area contributed by atoms with Gasteiger partial charge in [0, 0.05) is 13.6 Å². The molecule has 0 atom stereocenters. The molecule has 1 aliphatic heterocycles. The minimum atomic E-state index is -0.102. The van der Waals surface area contributed by atoms with Crippen molar-refractivity contribution >= 4 is 5.91 Å². The van der Waals surface area contributed by atoms with Crippen LogP contribution in [0.4, 0.5) is 0 Å². The number of carbonyl (C=O) groups excluding carboxylic acids is 1. The van der Waals surface area contributed by atoms with E-state index in [1.165, 1.54) is 12.5 Å². The number of nitrogens with zero attached hydrogens (tertiary/aromatic N) is 3. The number of ether oxygens (including phenoxy) is 2. The molecule has 0 saturated heterocycles. The van der Waals surface area contributed by atoms with Crippen LogP contribution in [-0.4, -0.2) is 27.4 Å². The minimum Gasteiger partial charge on any atom is -0.472 e. The average Bonchev–Trinajstić information content (AvgIpc) is 3.35. The summed E-state index contributed by atoms with van der Waals surface area (Å²) in [6, 6.07) is 9.37. The van der Waals surface area contributed by atoms with Gasteiger partial charge in [-0.2, -0.15) is 5.10 Å². The molecular formula is C19H19N3O4. The number of rotatable bonds is 5. The number of hydrogen-bond acceptors (Lipinski definition) is 5. The third-order valence-electron chi connectivity index (χ3n) is 4.32. The Hall–Kier alpha value is -3.22. The van der Waals surface area contributed by atoms with E-state index in [0.717, 1.165) is 22.7 Å². The lowest BCUT2D eigenvalue weighted by Crippen LogP contribution is -2.30. The fourth-order valence-corrected chi connectivity index (χ4v) is 3.04. The van der Waals surface area contributed by atoms with Gasteiger partial charge in [0.25, 0.3) is 5.91 Å². The number of aromatic nitrogens is 2. The average molecular weight is 353 g/mol. The van der Waals surface area contributed by atoms with Gasteiger partial charge in [-0.1, -0.05) is 6.07 Å². The standard InChI is InChI=1S/C19H19N3O4/c1-13-7-16(21(2)20-13)10-22(19(23)15-5-6-24-11-15)9-14-3-4-17-18(8-14)26-12-25-17/h3-8,11H,9-10,12H2,1-2H3. The van der Waals surface area contributed by atoms with Gasteiger partial charge in [0.1, 0.15) is 6.26 Å². The van der Waals surface area contributed by atoms with Gasteiger partial charge in [-0.15, -0.1) is 0 Å². The fourth-order valence-electron chi connectivity index (χ4n) is 3.04. The van der Waals surface area contributed by atoms with Crippen LogP contribution in [0.3, 0.4) is 0 Å². The van der Waals surface area contributed by atoms with E-state index in [0.29, 0.717) is 24.4 Å². The summed E-state index contributed by atoms with van der Waals surface area (Å²) in [5.41, 5.74) is 3.36. The normalized spacial score (nSPS) is 12.4. The number of benzene rings is 1. The second kappa shape index (κ2) is 6.59. The van der Waals surface area contributed by atoms with Gasteiger partial charge < -0.3 is 18.8 Å². The summed E-state index contributed by atoms with van der Waals surface area (Å²) < 4.78 is 17.7. The first-order valence-electron chi connectivity index (χ1n) is 8.29. The van der Waals surface area contributed by atoms with Crippen LogP contribution in [0, 0.1) is 6.92 Å². The Balaban J connectivity index is 1.61. The van der Waals surface area contributed by atoms with Gasteiger partial charge in [-0.05, 0) is 36.8 Å². The molecule has 7 heteroatoms. The van der Waals surface area contributed by atoms with E-state index >= 15 is 0 Å². The molecule has 7 nitrogen and oxygen atoms in total. The van der Waals surface area contributed by atoms with E-state index in [2.05, 4.69) is 5.10 Å². The summed E-state index contributed by atoms with van der Waals surface area (Å²) in [6.07, 6.45) is 2.96. The molecule has 4 rings (SSSR count). The smallest absolute Gasteiger partial charge is 0.257 e. The lowest BCUT2D eigenvalue weighted by molar-refractivity contribution is 0.0725. The zero-order valence-corrected chi connectivity index (χ0v) is 14.6. The molecule has 0 spiro atoms. The quantitative estimate of drug-likeness (QED) is 0.705. The molecule has 1 aromatic carbocycles. The molecule has 0 radical (unpaired) electrons. The van der Waals surface area contributed by atoms with E-state index in [9.17, 15) is 4.79 Å². The summed E-state index contributed by atoms with van der Waals surface area (Å²) in [4.78, 5) is 14.7. The van der Waals surface area contributed by atoms with E-state index in [1.54, 1.807) is 15.6 Å². The molecule has 0 fully saturated rings. The van der Waals surface area contributed by atoms with Crippen molar-refractivity contribution in [3.63, 3.8) is 0 Å². The zero-order valence-electron chi connectivity index (χ0n) is 14.6. The van der Waals surface area contributed by atoms with Gasteiger partial charge in [0.05, 0.1) is 29.8 Å². The first-order chi connectivity index (χ1) is 12.6. The van der Waals surface area contributed by atoms with Crippen LogP contribution in [-0.2, 0) is 20.1 Å². The molecule has 0 aliphatic carbocycles. The van der Waals surface area contributed by atoms with Crippen LogP contribution in [0.5, 0.6) is 11.5 Å². The van der Waals surface area contributed by atoms with E-state index in [4.69, 9.17) is 13.9 Å². The molecule has 0 bridgehead atoms. The number of aryl methyl sites for hydroxylation is 2. The topological polar surface area (TPSA) is 69.7 Å². The maximum absolute atomic E-state index is 12.9. The second-order valence-corrected chi connectivity index (χ2v) is 6.26. The Morgan fingerprint density at radius 2 is 2.04 bits per heavy atom. The van der Waals surface area contributed by atoms with Crippen LogP contribution in [0.25, 0.3) is 0 Å².